The van der Waals surface area contributed by atoms with E-state index >= 15 is 0 Å². The van der Waals surface area contributed by atoms with Crippen LogP contribution in [0.25, 0.3) is 0 Å². The number of hydrogen-bond donors (Lipinski definition) is 3. The molecule has 20 heavy (non-hydrogen) atoms. The number of sulfonamides is 1. The SMILES string of the molecule is CCCNC(=O)CCNS(=O)(=O)c1cnc(NC)nc1. The van der Waals surface area contributed by atoms with E-state index in [0.717, 1.165) is 6.42 Å². The summed E-state index contributed by atoms with van der Waals surface area (Å²) in [4.78, 5) is 18.9. The topological polar surface area (TPSA) is 113 Å². The maximum atomic E-state index is 11.9. The molecule has 112 valence electrons. The van der Waals surface area contributed by atoms with Gasteiger partial charge in [-0.3, -0.25) is 4.79 Å². The van der Waals surface area contributed by atoms with Gasteiger partial charge in [-0.15, -0.1) is 0 Å². The average Bonchev–Trinajstić information content (AvgIpc) is 2.45. The number of nitrogens with zero attached hydrogens (tertiary/aromatic N) is 2. The lowest BCUT2D eigenvalue weighted by Crippen LogP contribution is -2.31. The molecule has 0 aliphatic rings. The fourth-order valence-electron chi connectivity index (χ4n) is 1.32. The van der Waals surface area contributed by atoms with Crippen molar-refractivity contribution >= 4 is 21.9 Å². The third kappa shape index (κ3) is 5.10. The molecular weight excluding hydrogens is 282 g/mol. The minimum atomic E-state index is -3.68. The number of rotatable bonds is 8. The van der Waals surface area contributed by atoms with Gasteiger partial charge >= 0.3 is 0 Å². The van der Waals surface area contributed by atoms with Gasteiger partial charge in [0, 0.05) is 26.6 Å². The molecule has 1 heterocycles. The maximum Gasteiger partial charge on any atom is 0.243 e. The second-order valence-corrected chi connectivity index (χ2v) is 5.76. The molecule has 0 aliphatic carbocycles. The molecule has 0 fully saturated rings. The number of hydrogen-bond acceptors (Lipinski definition) is 6. The Kier molecular flexibility index (Phi) is 6.32. The van der Waals surface area contributed by atoms with Gasteiger partial charge in [-0.1, -0.05) is 6.92 Å². The highest BCUT2D eigenvalue weighted by molar-refractivity contribution is 7.89. The van der Waals surface area contributed by atoms with Gasteiger partial charge in [0.15, 0.2) is 0 Å². The summed E-state index contributed by atoms with van der Waals surface area (Å²) >= 11 is 0. The van der Waals surface area contributed by atoms with E-state index < -0.39 is 10.0 Å². The maximum absolute atomic E-state index is 11.9. The molecule has 0 bridgehead atoms. The molecule has 1 amide bonds. The summed E-state index contributed by atoms with van der Waals surface area (Å²) in [6, 6.07) is 0. The van der Waals surface area contributed by atoms with Gasteiger partial charge in [0.25, 0.3) is 0 Å². The molecule has 0 saturated carbocycles. The van der Waals surface area contributed by atoms with Crippen LogP contribution in [-0.2, 0) is 14.8 Å². The Labute approximate surface area is 118 Å². The van der Waals surface area contributed by atoms with E-state index in [1.165, 1.54) is 12.4 Å². The Morgan fingerprint density at radius 1 is 1.25 bits per heavy atom. The van der Waals surface area contributed by atoms with Gasteiger partial charge in [0.05, 0.1) is 12.4 Å². The summed E-state index contributed by atoms with van der Waals surface area (Å²) < 4.78 is 26.1. The van der Waals surface area contributed by atoms with E-state index in [0.29, 0.717) is 12.5 Å². The molecule has 8 nitrogen and oxygen atoms in total. The number of amides is 1. The van der Waals surface area contributed by atoms with Crippen molar-refractivity contribution in [3.8, 4) is 0 Å². The van der Waals surface area contributed by atoms with Crippen molar-refractivity contribution in [2.45, 2.75) is 24.7 Å². The van der Waals surface area contributed by atoms with Crippen LogP contribution in [0, 0.1) is 0 Å². The highest BCUT2D eigenvalue weighted by Crippen LogP contribution is 2.06. The first-order valence-corrected chi connectivity index (χ1v) is 7.74. The van der Waals surface area contributed by atoms with Crippen LogP contribution >= 0.6 is 0 Å². The molecule has 1 rings (SSSR count). The molecular formula is C11H19N5O3S. The van der Waals surface area contributed by atoms with Crippen molar-refractivity contribution in [2.75, 3.05) is 25.5 Å². The Morgan fingerprint density at radius 2 is 1.90 bits per heavy atom. The van der Waals surface area contributed by atoms with Crippen LogP contribution in [0.5, 0.6) is 0 Å². The quantitative estimate of drug-likeness (QED) is 0.608. The van der Waals surface area contributed by atoms with Gasteiger partial charge in [0.1, 0.15) is 4.90 Å². The van der Waals surface area contributed by atoms with Gasteiger partial charge in [0.2, 0.25) is 21.9 Å². The zero-order valence-electron chi connectivity index (χ0n) is 11.5. The highest BCUT2D eigenvalue weighted by atomic mass is 32.2. The van der Waals surface area contributed by atoms with Crippen molar-refractivity contribution in [3.05, 3.63) is 12.4 Å². The van der Waals surface area contributed by atoms with Gasteiger partial charge < -0.3 is 10.6 Å². The van der Waals surface area contributed by atoms with Gasteiger partial charge in [-0.2, -0.15) is 0 Å². The number of anilines is 1. The van der Waals surface area contributed by atoms with E-state index in [9.17, 15) is 13.2 Å². The molecule has 0 saturated heterocycles. The first kappa shape index (κ1) is 16.3. The fraction of sp³-hybridized carbons (Fsp3) is 0.545. The summed E-state index contributed by atoms with van der Waals surface area (Å²) in [5, 5.41) is 5.36. The third-order valence-corrected chi connectivity index (χ3v) is 3.79. The van der Waals surface area contributed by atoms with Crippen molar-refractivity contribution in [1.82, 2.24) is 20.0 Å². The van der Waals surface area contributed by atoms with Crippen LogP contribution < -0.4 is 15.4 Å². The van der Waals surface area contributed by atoms with Crippen LogP contribution in [-0.4, -0.2) is 44.4 Å². The minimum absolute atomic E-state index is 0.0334. The lowest BCUT2D eigenvalue weighted by Gasteiger charge is -2.07. The number of carbonyl (C=O) groups is 1. The van der Waals surface area contributed by atoms with Gasteiger partial charge in [-0.25, -0.2) is 23.1 Å². The number of carbonyl (C=O) groups excluding carboxylic acids is 1. The fourth-order valence-corrected chi connectivity index (χ4v) is 2.24. The van der Waals surface area contributed by atoms with Crippen LogP contribution in [0.1, 0.15) is 19.8 Å². The number of nitrogens with one attached hydrogen (secondary N) is 3. The summed E-state index contributed by atoms with van der Waals surface area (Å²) in [5.41, 5.74) is 0. The van der Waals surface area contributed by atoms with E-state index in [1.54, 1.807) is 7.05 Å². The van der Waals surface area contributed by atoms with E-state index in [4.69, 9.17) is 0 Å². The predicted molar refractivity (Wildman–Crippen MR) is 74.7 cm³/mol. The number of aromatic nitrogens is 2. The largest absolute Gasteiger partial charge is 0.357 e. The van der Waals surface area contributed by atoms with E-state index in [-0.39, 0.29) is 23.8 Å². The summed E-state index contributed by atoms with van der Waals surface area (Å²) in [6.07, 6.45) is 3.35. The molecule has 0 aliphatic heterocycles. The molecule has 1 aromatic heterocycles. The van der Waals surface area contributed by atoms with Crippen LogP contribution in [0.4, 0.5) is 5.95 Å². The second kappa shape index (κ2) is 7.75. The Balaban J connectivity index is 2.50. The van der Waals surface area contributed by atoms with E-state index in [1.807, 2.05) is 6.92 Å². The lowest BCUT2D eigenvalue weighted by molar-refractivity contribution is -0.120. The van der Waals surface area contributed by atoms with E-state index in [2.05, 4.69) is 25.3 Å². The monoisotopic (exact) mass is 301 g/mol. The molecule has 1 aromatic rings. The lowest BCUT2D eigenvalue weighted by atomic mass is 10.4. The predicted octanol–water partition coefficient (Wildman–Crippen LogP) is -0.287. The molecule has 0 radical (unpaired) electrons. The third-order valence-electron chi connectivity index (χ3n) is 2.38. The molecule has 3 N–H and O–H groups in total. The standard InChI is InChI=1S/C11H19N5O3S/c1-3-5-13-10(17)4-6-16-20(18,19)9-7-14-11(12-2)15-8-9/h7-8,16H,3-6H2,1-2H3,(H,13,17)(H,12,14,15). The van der Waals surface area contributed by atoms with Crippen molar-refractivity contribution in [3.63, 3.8) is 0 Å². The molecule has 0 aromatic carbocycles. The molecule has 0 unspecified atom stereocenters. The summed E-state index contributed by atoms with van der Waals surface area (Å²) in [6.45, 7) is 2.56. The highest BCUT2D eigenvalue weighted by Gasteiger charge is 2.15. The smallest absolute Gasteiger partial charge is 0.243 e. The van der Waals surface area contributed by atoms with Crippen molar-refractivity contribution < 1.29 is 13.2 Å². The zero-order chi connectivity index (χ0) is 15.0. The van der Waals surface area contributed by atoms with Crippen LogP contribution in [0.15, 0.2) is 17.3 Å². The first-order chi connectivity index (χ1) is 9.49. The zero-order valence-corrected chi connectivity index (χ0v) is 12.3. The summed E-state index contributed by atoms with van der Waals surface area (Å²) in [7, 11) is -2.05. The minimum Gasteiger partial charge on any atom is -0.357 e. The van der Waals surface area contributed by atoms with Crippen molar-refractivity contribution in [1.29, 1.82) is 0 Å². The molecule has 9 heteroatoms. The normalized spacial score (nSPS) is 11.1. The second-order valence-electron chi connectivity index (χ2n) is 3.99. The molecule has 0 atom stereocenters. The first-order valence-electron chi connectivity index (χ1n) is 6.25. The van der Waals surface area contributed by atoms with Gasteiger partial charge in [-0.05, 0) is 6.42 Å². The average molecular weight is 301 g/mol. The summed E-state index contributed by atoms with van der Waals surface area (Å²) in [5.74, 6) is 0.152. The molecule has 0 spiro atoms. The van der Waals surface area contributed by atoms with Crippen molar-refractivity contribution in [2.24, 2.45) is 0 Å². The Bertz CT molecular complexity index is 529. The van der Waals surface area contributed by atoms with Crippen LogP contribution in [0.2, 0.25) is 0 Å². The van der Waals surface area contributed by atoms with Crippen LogP contribution in [0.3, 0.4) is 0 Å². The Morgan fingerprint density at radius 3 is 2.45 bits per heavy atom. The Hall–Kier alpha value is -1.74.